The highest BCUT2D eigenvalue weighted by Gasteiger charge is 2.02. The predicted molar refractivity (Wildman–Crippen MR) is 45.2 cm³/mol. The Morgan fingerprint density at radius 3 is 2.42 bits per heavy atom. The molecule has 66 valence electrons. The van der Waals surface area contributed by atoms with Crippen molar-refractivity contribution in [3.63, 3.8) is 0 Å². The second-order valence-corrected chi connectivity index (χ2v) is 2.72. The second kappa shape index (κ2) is 4.18. The molecule has 0 bridgehead atoms. The first-order valence-corrected chi connectivity index (χ1v) is 3.85. The molecular formula is C9H12FNO. The lowest BCUT2D eigenvalue weighted by atomic mass is 10.1. The molecule has 3 heteroatoms. The van der Waals surface area contributed by atoms with E-state index in [0.717, 1.165) is 5.56 Å². The van der Waals surface area contributed by atoms with Gasteiger partial charge in [0.05, 0.1) is 6.10 Å². The molecule has 1 rings (SSSR count). The molecule has 0 saturated heterocycles. The summed E-state index contributed by atoms with van der Waals surface area (Å²) in [4.78, 5) is 0. The maximum Gasteiger partial charge on any atom is 0.123 e. The lowest BCUT2D eigenvalue weighted by molar-refractivity contribution is 0.183. The zero-order valence-electron chi connectivity index (χ0n) is 6.70. The van der Waals surface area contributed by atoms with E-state index in [-0.39, 0.29) is 12.4 Å². The van der Waals surface area contributed by atoms with E-state index in [1.165, 1.54) is 12.1 Å². The van der Waals surface area contributed by atoms with Crippen LogP contribution in [0.4, 0.5) is 4.39 Å². The maximum absolute atomic E-state index is 12.4. The molecule has 1 unspecified atom stereocenters. The van der Waals surface area contributed by atoms with E-state index in [9.17, 15) is 4.39 Å². The topological polar surface area (TPSA) is 46.2 Å². The molecule has 1 aromatic carbocycles. The van der Waals surface area contributed by atoms with Gasteiger partial charge in [0.15, 0.2) is 0 Å². The third-order valence-electron chi connectivity index (χ3n) is 1.66. The van der Waals surface area contributed by atoms with Gasteiger partial charge in [-0.05, 0) is 24.1 Å². The number of benzene rings is 1. The second-order valence-electron chi connectivity index (χ2n) is 2.72. The first-order chi connectivity index (χ1) is 5.72. The van der Waals surface area contributed by atoms with E-state index in [2.05, 4.69) is 0 Å². The first-order valence-electron chi connectivity index (χ1n) is 3.85. The lowest BCUT2D eigenvalue weighted by Crippen LogP contribution is -2.21. The van der Waals surface area contributed by atoms with E-state index >= 15 is 0 Å². The molecule has 0 aliphatic heterocycles. The maximum atomic E-state index is 12.4. The van der Waals surface area contributed by atoms with Crippen LogP contribution in [0.2, 0.25) is 0 Å². The van der Waals surface area contributed by atoms with Crippen molar-refractivity contribution in [2.75, 3.05) is 6.54 Å². The van der Waals surface area contributed by atoms with Crippen LogP contribution in [-0.2, 0) is 6.42 Å². The summed E-state index contributed by atoms with van der Waals surface area (Å²) < 4.78 is 12.4. The molecule has 3 N–H and O–H groups in total. The SMILES string of the molecule is NCC(O)Cc1ccc(F)cc1. The summed E-state index contributed by atoms with van der Waals surface area (Å²) >= 11 is 0. The van der Waals surface area contributed by atoms with Gasteiger partial charge in [-0.15, -0.1) is 0 Å². The van der Waals surface area contributed by atoms with Gasteiger partial charge >= 0.3 is 0 Å². The van der Waals surface area contributed by atoms with Crippen LogP contribution in [-0.4, -0.2) is 17.8 Å². The normalized spacial score (nSPS) is 12.9. The first kappa shape index (κ1) is 9.16. The number of nitrogens with two attached hydrogens (primary N) is 1. The minimum absolute atomic E-state index is 0.234. The van der Waals surface area contributed by atoms with Gasteiger partial charge in [0.1, 0.15) is 5.82 Å². The van der Waals surface area contributed by atoms with Gasteiger partial charge in [0.2, 0.25) is 0 Å². The number of hydrogen-bond donors (Lipinski definition) is 2. The minimum atomic E-state index is -0.532. The van der Waals surface area contributed by atoms with Gasteiger partial charge in [-0.25, -0.2) is 4.39 Å². The highest BCUT2D eigenvalue weighted by atomic mass is 19.1. The molecular weight excluding hydrogens is 157 g/mol. The molecule has 0 heterocycles. The average Bonchev–Trinajstić information content (AvgIpc) is 2.09. The average molecular weight is 169 g/mol. The van der Waals surface area contributed by atoms with Crippen molar-refractivity contribution in [3.05, 3.63) is 35.6 Å². The van der Waals surface area contributed by atoms with E-state index in [4.69, 9.17) is 10.8 Å². The molecule has 0 aliphatic carbocycles. The van der Waals surface area contributed by atoms with E-state index in [1.54, 1.807) is 12.1 Å². The van der Waals surface area contributed by atoms with Gasteiger partial charge in [-0.1, -0.05) is 12.1 Å². The monoisotopic (exact) mass is 169 g/mol. The summed E-state index contributed by atoms with van der Waals surface area (Å²) in [6.45, 7) is 0.234. The molecule has 12 heavy (non-hydrogen) atoms. The molecule has 0 radical (unpaired) electrons. The Labute approximate surface area is 70.8 Å². The minimum Gasteiger partial charge on any atom is -0.391 e. The zero-order valence-corrected chi connectivity index (χ0v) is 6.70. The van der Waals surface area contributed by atoms with Crippen molar-refractivity contribution in [2.24, 2.45) is 5.73 Å². The van der Waals surface area contributed by atoms with Crippen LogP contribution in [0.3, 0.4) is 0 Å². The third kappa shape index (κ3) is 2.60. The van der Waals surface area contributed by atoms with Crippen LogP contribution >= 0.6 is 0 Å². The Bertz CT molecular complexity index is 235. The summed E-state index contributed by atoms with van der Waals surface area (Å²) in [7, 11) is 0. The molecule has 0 amide bonds. The third-order valence-corrected chi connectivity index (χ3v) is 1.66. The summed E-state index contributed by atoms with van der Waals surface area (Å²) in [6.07, 6.45) is -0.0491. The molecule has 0 aromatic heterocycles. The van der Waals surface area contributed by atoms with Crippen LogP contribution in [0.15, 0.2) is 24.3 Å². The summed E-state index contributed by atoms with van der Waals surface area (Å²) in [5.74, 6) is -0.263. The van der Waals surface area contributed by atoms with Crippen LogP contribution in [0.1, 0.15) is 5.56 Å². The fourth-order valence-corrected chi connectivity index (χ4v) is 0.976. The zero-order chi connectivity index (χ0) is 8.97. The van der Waals surface area contributed by atoms with E-state index in [0.29, 0.717) is 6.42 Å². The van der Waals surface area contributed by atoms with Crippen molar-refractivity contribution in [1.29, 1.82) is 0 Å². The van der Waals surface area contributed by atoms with Crippen LogP contribution in [0.25, 0.3) is 0 Å². The number of halogens is 1. The quantitative estimate of drug-likeness (QED) is 0.699. The Balaban J connectivity index is 2.58. The molecule has 1 aromatic rings. The summed E-state index contributed by atoms with van der Waals surface area (Å²) in [5, 5.41) is 9.16. The Kier molecular flexibility index (Phi) is 3.19. The molecule has 0 fully saturated rings. The Morgan fingerprint density at radius 1 is 1.33 bits per heavy atom. The van der Waals surface area contributed by atoms with Crippen molar-refractivity contribution in [3.8, 4) is 0 Å². The Hall–Kier alpha value is -0.930. The molecule has 0 spiro atoms. The molecule has 0 aliphatic rings. The van der Waals surface area contributed by atoms with Gasteiger partial charge < -0.3 is 10.8 Å². The standard InChI is InChI=1S/C9H12FNO/c10-8-3-1-7(2-4-8)5-9(12)6-11/h1-4,9,12H,5-6,11H2. The number of hydrogen-bond acceptors (Lipinski definition) is 2. The largest absolute Gasteiger partial charge is 0.391 e. The van der Waals surface area contributed by atoms with Crippen molar-refractivity contribution >= 4 is 0 Å². The van der Waals surface area contributed by atoms with Crippen LogP contribution in [0.5, 0.6) is 0 Å². The van der Waals surface area contributed by atoms with E-state index < -0.39 is 6.10 Å². The Morgan fingerprint density at radius 2 is 1.92 bits per heavy atom. The summed E-state index contributed by atoms with van der Waals surface area (Å²) in [5.41, 5.74) is 6.12. The fourth-order valence-electron chi connectivity index (χ4n) is 0.976. The van der Waals surface area contributed by atoms with Gasteiger partial charge in [-0.2, -0.15) is 0 Å². The molecule has 1 atom stereocenters. The molecule has 0 saturated carbocycles. The molecule has 2 nitrogen and oxygen atoms in total. The van der Waals surface area contributed by atoms with Crippen molar-refractivity contribution in [1.82, 2.24) is 0 Å². The van der Waals surface area contributed by atoms with Crippen molar-refractivity contribution in [2.45, 2.75) is 12.5 Å². The smallest absolute Gasteiger partial charge is 0.123 e. The fraction of sp³-hybridized carbons (Fsp3) is 0.333. The highest BCUT2D eigenvalue weighted by molar-refractivity contribution is 5.16. The van der Waals surface area contributed by atoms with Gasteiger partial charge in [0.25, 0.3) is 0 Å². The predicted octanol–water partition coefficient (Wildman–Crippen LogP) is 0.688. The number of aliphatic hydroxyl groups is 1. The van der Waals surface area contributed by atoms with E-state index in [1.807, 2.05) is 0 Å². The number of rotatable bonds is 3. The highest BCUT2D eigenvalue weighted by Crippen LogP contribution is 2.04. The van der Waals surface area contributed by atoms with Gasteiger partial charge in [0, 0.05) is 6.54 Å². The lowest BCUT2D eigenvalue weighted by Gasteiger charge is -2.06. The summed E-state index contributed by atoms with van der Waals surface area (Å²) in [6, 6.07) is 6.04. The number of aliphatic hydroxyl groups excluding tert-OH is 1. The van der Waals surface area contributed by atoms with Crippen LogP contribution in [0, 0.1) is 5.82 Å². The van der Waals surface area contributed by atoms with Gasteiger partial charge in [-0.3, -0.25) is 0 Å². The van der Waals surface area contributed by atoms with Crippen molar-refractivity contribution < 1.29 is 9.50 Å². The van der Waals surface area contributed by atoms with Crippen LogP contribution < -0.4 is 5.73 Å².